The van der Waals surface area contributed by atoms with Gasteiger partial charge in [-0.2, -0.15) is 0 Å². The molecule has 0 spiro atoms. The van der Waals surface area contributed by atoms with Crippen molar-refractivity contribution < 1.29 is 19.4 Å². The van der Waals surface area contributed by atoms with Gasteiger partial charge >= 0.3 is 12.0 Å². The number of urea groups is 1. The molecule has 2 atom stereocenters. The summed E-state index contributed by atoms with van der Waals surface area (Å²) in [7, 11) is 0. The number of aliphatic carboxylic acids is 1. The highest BCUT2D eigenvalue weighted by Crippen LogP contribution is 2.18. The predicted octanol–water partition coefficient (Wildman–Crippen LogP) is 1.35. The van der Waals surface area contributed by atoms with Crippen LogP contribution in [0.2, 0.25) is 0 Å². The molecule has 1 heterocycles. The molecule has 0 aromatic carbocycles. The van der Waals surface area contributed by atoms with E-state index >= 15 is 0 Å². The molecule has 2 unspecified atom stereocenters. The summed E-state index contributed by atoms with van der Waals surface area (Å²) in [6.45, 7) is 6.80. The fourth-order valence-electron chi connectivity index (χ4n) is 2.31. The minimum atomic E-state index is -1.18. The van der Waals surface area contributed by atoms with Gasteiger partial charge in [-0.15, -0.1) is 0 Å². The Labute approximate surface area is 113 Å². The minimum absolute atomic E-state index is 0.0253. The number of carboxylic acids is 1. The Balaban J connectivity index is 2.55. The summed E-state index contributed by atoms with van der Waals surface area (Å²) in [5, 5.41) is 14.7. The largest absolute Gasteiger partial charge is 0.480 e. The zero-order valence-corrected chi connectivity index (χ0v) is 11.9. The molecule has 19 heavy (non-hydrogen) atoms. The molecule has 1 fully saturated rings. The lowest BCUT2D eigenvalue weighted by Crippen LogP contribution is -2.58. The van der Waals surface area contributed by atoms with Crippen LogP contribution in [0.3, 0.4) is 0 Å². The lowest BCUT2D eigenvalue weighted by molar-refractivity contribution is -0.144. The van der Waals surface area contributed by atoms with Crippen molar-refractivity contribution in [3.63, 3.8) is 0 Å². The van der Waals surface area contributed by atoms with Crippen LogP contribution in [-0.2, 0) is 9.53 Å². The molecule has 0 radical (unpaired) electrons. The Morgan fingerprint density at radius 1 is 1.42 bits per heavy atom. The molecule has 1 rings (SSSR count). The van der Waals surface area contributed by atoms with Crippen LogP contribution >= 0.6 is 0 Å². The second kappa shape index (κ2) is 6.75. The number of hydrogen-bond acceptors (Lipinski definition) is 3. The summed E-state index contributed by atoms with van der Waals surface area (Å²) >= 11 is 0. The Morgan fingerprint density at radius 3 is 2.47 bits per heavy atom. The number of rotatable bonds is 6. The molecule has 1 saturated heterocycles. The molecule has 110 valence electrons. The van der Waals surface area contributed by atoms with Crippen molar-refractivity contribution in [1.82, 2.24) is 10.6 Å². The van der Waals surface area contributed by atoms with E-state index in [1.54, 1.807) is 13.8 Å². The number of ether oxygens (including phenoxy) is 1. The first-order valence-electron chi connectivity index (χ1n) is 6.85. The highest BCUT2D eigenvalue weighted by Gasteiger charge is 2.37. The fourth-order valence-corrected chi connectivity index (χ4v) is 2.31. The second-order valence-corrected chi connectivity index (χ2v) is 5.11. The van der Waals surface area contributed by atoms with Crippen LogP contribution in [0.1, 0.15) is 40.0 Å². The molecule has 3 N–H and O–H groups in total. The quantitative estimate of drug-likeness (QED) is 0.681. The summed E-state index contributed by atoms with van der Waals surface area (Å²) in [6, 6.07) is -0.451. The zero-order chi connectivity index (χ0) is 14.5. The first-order valence-corrected chi connectivity index (χ1v) is 6.85. The fraction of sp³-hybridized carbons (Fsp3) is 0.846. The highest BCUT2D eigenvalue weighted by atomic mass is 16.5. The van der Waals surface area contributed by atoms with Crippen molar-refractivity contribution in [1.29, 1.82) is 0 Å². The van der Waals surface area contributed by atoms with Crippen molar-refractivity contribution in [3.05, 3.63) is 0 Å². The molecule has 6 nitrogen and oxygen atoms in total. The van der Waals surface area contributed by atoms with Crippen LogP contribution in [0, 0.1) is 5.92 Å². The van der Waals surface area contributed by atoms with Gasteiger partial charge in [0.1, 0.15) is 5.54 Å². The molecule has 6 heteroatoms. The number of nitrogens with one attached hydrogen (secondary N) is 2. The lowest BCUT2D eigenvalue weighted by atomic mass is 9.93. The van der Waals surface area contributed by atoms with Crippen LogP contribution in [0.15, 0.2) is 0 Å². The Bertz CT molecular complexity index is 323. The maximum absolute atomic E-state index is 11.9. The van der Waals surface area contributed by atoms with Crippen molar-refractivity contribution in [2.24, 2.45) is 5.92 Å². The van der Waals surface area contributed by atoms with Gasteiger partial charge < -0.3 is 20.5 Å². The number of carbonyl (C=O) groups is 2. The van der Waals surface area contributed by atoms with Crippen molar-refractivity contribution in [2.75, 3.05) is 13.2 Å². The third-order valence-corrected chi connectivity index (χ3v) is 4.00. The average Bonchev–Trinajstić information content (AvgIpc) is 2.89. The van der Waals surface area contributed by atoms with Gasteiger partial charge in [0.15, 0.2) is 0 Å². The van der Waals surface area contributed by atoms with Gasteiger partial charge in [-0.05, 0) is 26.2 Å². The van der Waals surface area contributed by atoms with E-state index in [1.807, 2.05) is 6.92 Å². The average molecular weight is 272 g/mol. The number of carbonyl (C=O) groups excluding carboxylic acids is 1. The zero-order valence-electron chi connectivity index (χ0n) is 11.9. The Kier molecular flexibility index (Phi) is 5.60. The predicted molar refractivity (Wildman–Crippen MR) is 71.0 cm³/mol. The minimum Gasteiger partial charge on any atom is -0.480 e. The smallest absolute Gasteiger partial charge is 0.329 e. The number of amides is 2. The highest BCUT2D eigenvalue weighted by molar-refractivity contribution is 5.86. The molecule has 0 bridgehead atoms. The van der Waals surface area contributed by atoms with Gasteiger partial charge in [-0.1, -0.05) is 13.8 Å². The van der Waals surface area contributed by atoms with Gasteiger partial charge in [0.2, 0.25) is 0 Å². The van der Waals surface area contributed by atoms with Crippen LogP contribution in [0.25, 0.3) is 0 Å². The van der Waals surface area contributed by atoms with Crippen LogP contribution < -0.4 is 10.6 Å². The van der Waals surface area contributed by atoms with E-state index in [1.165, 1.54) is 0 Å². The van der Waals surface area contributed by atoms with Crippen molar-refractivity contribution in [3.8, 4) is 0 Å². The van der Waals surface area contributed by atoms with E-state index < -0.39 is 17.5 Å². The van der Waals surface area contributed by atoms with Crippen molar-refractivity contribution >= 4 is 12.0 Å². The second-order valence-electron chi connectivity index (χ2n) is 5.11. The number of carboxylic acid groups (broad SMARTS) is 1. The molecule has 2 amide bonds. The Hall–Kier alpha value is -1.30. The third kappa shape index (κ3) is 3.83. The molecule has 0 aromatic rings. The summed E-state index contributed by atoms with van der Waals surface area (Å²) in [5.74, 6) is -0.697. The topological polar surface area (TPSA) is 87.7 Å². The van der Waals surface area contributed by atoms with Gasteiger partial charge in [-0.25, -0.2) is 9.59 Å². The van der Waals surface area contributed by atoms with Crippen LogP contribution in [0.5, 0.6) is 0 Å². The van der Waals surface area contributed by atoms with E-state index in [4.69, 9.17) is 4.74 Å². The van der Waals surface area contributed by atoms with Gasteiger partial charge in [0.05, 0.1) is 6.61 Å². The summed E-state index contributed by atoms with van der Waals surface area (Å²) in [5.41, 5.74) is -1.18. The monoisotopic (exact) mass is 272 g/mol. The summed E-state index contributed by atoms with van der Waals surface area (Å²) in [6.07, 6.45) is 1.63. The summed E-state index contributed by atoms with van der Waals surface area (Å²) < 4.78 is 5.28. The molecular weight excluding hydrogens is 248 g/mol. The van der Waals surface area contributed by atoms with E-state index in [2.05, 4.69) is 10.6 Å². The summed E-state index contributed by atoms with van der Waals surface area (Å²) in [4.78, 5) is 23.2. The third-order valence-electron chi connectivity index (χ3n) is 4.00. The van der Waals surface area contributed by atoms with E-state index in [0.717, 1.165) is 13.0 Å². The van der Waals surface area contributed by atoms with Gasteiger partial charge in [0, 0.05) is 18.6 Å². The molecular formula is C13H24N2O4. The normalized spacial score (nSPS) is 20.9. The SMILES string of the molecule is CCC(CC)(NC(=O)NC(C)C1CCOC1)C(=O)O. The first kappa shape index (κ1) is 15.8. The maximum atomic E-state index is 11.9. The van der Waals surface area contributed by atoms with Crippen molar-refractivity contribution in [2.45, 2.75) is 51.6 Å². The van der Waals surface area contributed by atoms with E-state index in [0.29, 0.717) is 25.4 Å². The Morgan fingerprint density at radius 2 is 2.05 bits per heavy atom. The van der Waals surface area contributed by atoms with E-state index in [9.17, 15) is 14.7 Å². The van der Waals surface area contributed by atoms with Crippen LogP contribution in [0.4, 0.5) is 4.79 Å². The molecule has 0 saturated carbocycles. The molecule has 1 aliphatic heterocycles. The van der Waals surface area contributed by atoms with E-state index in [-0.39, 0.29) is 6.04 Å². The lowest BCUT2D eigenvalue weighted by Gasteiger charge is -2.29. The molecule has 0 aliphatic carbocycles. The molecule has 0 aromatic heterocycles. The van der Waals surface area contributed by atoms with Crippen LogP contribution in [-0.4, -0.2) is 41.9 Å². The first-order chi connectivity index (χ1) is 8.95. The maximum Gasteiger partial charge on any atom is 0.329 e. The molecule has 1 aliphatic rings. The standard InChI is InChI=1S/C13H24N2O4/c1-4-13(5-2,11(16)17)15-12(18)14-9(3)10-6-7-19-8-10/h9-10H,4-8H2,1-3H3,(H,16,17)(H2,14,15,18). The van der Waals surface area contributed by atoms with Gasteiger partial charge in [-0.3, -0.25) is 0 Å². The van der Waals surface area contributed by atoms with Gasteiger partial charge in [0.25, 0.3) is 0 Å². The number of hydrogen-bond donors (Lipinski definition) is 3.